The van der Waals surface area contributed by atoms with E-state index in [2.05, 4.69) is 46.4 Å². The van der Waals surface area contributed by atoms with E-state index in [-0.39, 0.29) is 24.8 Å². The number of piperidine rings is 1. The average molecular weight is 466 g/mol. The van der Waals surface area contributed by atoms with Crippen molar-refractivity contribution in [1.29, 1.82) is 0 Å². The highest BCUT2D eigenvalue weighted by atomic mass is 35.5. The first-order chi connectivity index (χ1) is 14.1. The summed E-state index contributed by atoms with van der Waals surface area (Å²) in [6, 6.07) is 17.0. The first kappa shape index (κ1) is 25.1. The highest BCUT2D eigenvalue weighted by Gasteiger charge is 2.22. The molecule has 1 N–H and O–H groups in total. The number of hydrogen-bond acceptors (Lipinski definition) is 3. The van der Waals surface area contributed by atoms with E-state index in [1.165, 1.54) is 17.3 Å². The third-order valence-electron chi connectivity index (χ3n) is 5.51. The zero-order chi connectivity index (χ0) is 20.2. The molecule has 1 aliphatic heterocycles. The molecule has 0 aliphatic carbocycles. The quantitative estimate of drug-likeness (QED) is 0.505. The van der Waals surface area contributed by atoms with Crippen molar-refractivity contribution in [1.82, 2.24) is 10.3 Å². The predicted octanol–water partition coefficient (Wildman–Crippen LogP) is 5.94. The number of aryl methyl sites for hydroxylation is 1. The topological polar surface area (TPSA) is 28.2 Å². The normalized spacial score (nSPS) is 13.8. The highest BCUT2D eigenvalue weighted by Crippen LogP contribution is 2.26. The van der Waals surface area contributed by atoms with Crippen LogP contribution in [-0.4, -0.2) is 24.1 Å². The summed E-state index contributed by atoms with van der Waals surface area (Å²) in [5.41, 5.74) is 4.76. The third-order valence-corrected chi connectivity index (χ3v) is 5.51. The van der Waals surface area contributed by atoms with Gasteiger partial charge in [0.1, 0.15) is 0 Å². The van der Waals surface area contributed by atoms with Crippen molar-refractivity contribution >= 4 is 30.5 Å². The van der Waals surface area contributed by atoms with Gasteiger partial charge in [-0.2, -0.15) is 0 Å². The summed E-state index contributed by atoms with van der Waals surface area (Å²) in [5, 5.41) is 3.43. The Labute approximate surface area is 194 Å². The van der Waals surface area contributed by atoms with Crippen LogP contribution in [0.4, 0.5) is 14.5 Å². The third kappa shape index (κ3) is 6.16. The van der Waals surface area contributed by atoms with Crippen molar-refractivity contribution in [2.75, 3.05) is 18.0 Å². The molecule has 31 heavy (non-hydrogen) atoms. The van der Waals surface area contributed by atoms with Crippen LogP contribution in [0.15, 0.2) is 60.8 Å². The lowest BCUT2D eigenvalue weighted by molar-refractivity contribution is 0.428. The van der Waals surface area contributed by atoms with Crippen molar-refractivity contribution < 1.29 is 8.78 Å². The lowest BCUT2D eigenvalue weighted by atomic mass is 10.0. The van der Waals surface area contributed by atoms with E-state index in [1.807, 2.05) is 12.1 Å². The Bertz CT molecular complexity index is 977. The number of benzene rings is 2. The van der Waals surface area contributed by atoms with E-state index in [4.69, 9.17) is 0 Å². The number of halogens is 4. The molecule has 1 aromatic heterocycles. The maximum absolute atomic E-state index is 13.7. The first-order valence-corrected chi connectivity index (χ1v) is 10.0. The zero-order valence-electron chi connectivity index (χ0n) is 17.4. The molecule has 0 amide bonds. The van der Waals surface area contributed by atoms with E-state index in [0.29, 0.717) is 17.3 Å². The number of rotatable bonds is 5. The molecule has 3 nitrogen and oxygen atoms in total. The smallest absolute Gasteiger partial charge is 0.159 e. The molecule has 166 valence electrons. The fourth-order valence-electron chi connectivity index (χ4n) is 3.87. The van der Waals surface area contributed by atoms with Crippen LogP contribution in [0.2, 0.25) is 0 Å². The number of aromatic nitrogens is 1. The molecule has 0 spiro atoms. The molecule has 1 saturated heterocycles. The number of nitrogens with zero attached hydrogens (tertiary/aromatic N) is 2. The second-order valence-electron chi connectivity index (χ2n) is 7.62. The van der Waals surface area contributed by atoms with Gasteiger partial charge in [0, 0.05) is 30.0 Å². The average Bonchev–Trinajstić information content (AvgIpc) is 2.75. The fourth-order valence-corrected chi connectivity index (χ4v) is 3.87. The predicted molar refractivity (Wildman–Crippen MR) is 127 cm³/mol. The van der Waals surface area contributed by atoms with Crippen molar-refractivity contribution in [3.63, 3.8) is 0 Å². The summed E-state index contributed by atoms with van der Waals surface area (Å²) in [5.74, 6) is -1.70. The SMILES string of the molecule is Cc1ccc(N(Cc2ccnc(-c3ccc(F)c(F)c3)c2)C2CCNCC2)cc1.Cl.Cl. The van der Waals surface area contributed by atoms with Crippen LogP contribution in [-0.2, 0) is 6.54 Å². The Balaban J connectivity index is 0.00000171. The molecule has 2 heterocycles. The molecule has 1 aliphatic rings. The van der Waals surface area contributed by atoms with E-state index in [0.717, 1.165) is 44.1 Å². The van der Waals surface area contributed by atoms with Gasteiger partial charge in [0.15, 0.2) is 11.6 Å². The highest BCUT2D eigenvalue weighted by molar-refractivity contribution is 5.85. The van der Waals surface area contributed by atoms with Crippen LogP contribution in [0.1, 0.15) is 24.0 Å². The Morgan fingerprint density at radius 3 is 2.32 bits per heavy atom. The number of anilines is 1. The van der Waals surface area contributed by atoms with Gasteiger partial charge in [0.05, 0.1) is 5.69 Å². The van der Waals surface area contributed by atoms with Gasteiger partial charge < -0.3 is 10.2 Å². The Morgan fingerprint density at radius 1 is 0.935 bits per heavy atom. The Morgan fingerprint density at radius 2 is 1.65 bits per heavy atom. The minimum absolute atomic E-state index is 0. The van der Waals surface area contributed by atoms with Crippen molar-refractivity contribution in [2.45, 2.75) is 32.4 Å². The molecular formula is C24H27Cl2F2N3. The molecule has 1 fully saturated rings. The number of pyridine rings is 1. The van der Waals surface area contributed by atoms with Gasteiger partial charge in [0.25, 0.3) is 0 Å². The van der Waals surface area contributed by atoms with Gasteiger partial charge in [-0.1, -0.05) is 17.7 Å². The second-order valence-corrected chi connectivity index (χ2v) is 7.62. The summed E-state index contributed by atoms with van der Waals surface area (Å²) < 4.78 is 26.9. The van der Waals surface area contributed by atoms with Crippen LogP contribution >= 0.6 is 24.8 Å². The molecule has 0 bridgehead atoms. The van der Waals surface area contributed by atoms with Crippen LogP contribution in [0.5, 0.6) is 0 Å². The molecule has 0 unspecified atom stereocenters. The minimum Gasteiger partial charge on any atom is -0.364 e. The van der Waals surface area contributed by atoms with Crippen LogP contribution in [0.3, 0.4) is 0 Å². The molecule has 7 heteroatoms. The van der Waals surface area contributed by atoms with Gasteiger partial charge in [-0.3, -0.25) is 4.98 Å². The summed E-state index contributed by atoms with van der Waals surface area (Å²) in [6.45, 7) is 4.87. The van der Waals surface area contributed by atoms with Gasteiger partial charge >= 0.3 is 0 Å². The summed E-state index contributed by atoms with van der Waals surface area (Å²) in [6.07, 6.45) is 3.92. The van der Waals surface area contributed by atoms with Crippen LogP contribution in [0.25, 0.3) is 11.3 Å². The fraction of sp³-hybridized carbons (Fsp3) is 0.292. The largest absolute Gasteiger partial charge is 0.364 e. The monoisotopic (exact) mass is 465 g/mol. The number of nitrogens with one attached hydrogen (secondary N) is 1. The van der Waals surface area contributed by atoms with Gasteiger partial charge in [0.2, 0.25) is 0 Å². The lowest BCUT2D eigenvalue weighted by Crippen LogP contribution is -2.43. The summed E-state index contributed by atoms with van der Waals surface area (Å²) in [7, 11) is 0. The molecule has 0 radical (unpaired) electrons. The van der Waals surface area contributed by atoms with Gasteiger partial charge in [-0.05, 0) is 80.9 Å². The van der Waals surface area contributed by atoms with E-state index < -0.39 is 11.6 Å². The first-order valence-electron chi connectivity index (χ1n) is 10.0. The van der Waals surface area contributed by atoms with E-state index in [1.54, 1.807) is 12.3 Å². The number of hydrogen-bond donors (Lipinski definition) is 1. The standard InChI is InChI=1S/C24H25F2N3.2ClH/c1-17-2-5-20(6-3-17)29(21-9-11-27-12-10-21)16-18-8-13-28-24(14-18)19-4-7-22(25)23(26)15-19;;/h2-8,13-15,21,27H,9-12,16H2,1H3;2*1H. The maximum Gasteiger partial charge on any atom is 0.159 e. The molecule has 0 atom stereocenters. The van der Waals surface area contributed by atoms with Gasteiger partial charge in [-0.15, -0.1) is 24.8 Å². The molecule has 0 saturated carbocycles. The van der Waals surface area contributed by atoms with Crippen LogP contribution < -0.4 is 10.2 Å². The maximum atomic E-state index is 13.7. The summed E-state index contributed by atoms with van der Waals surface area (Å²) in [4.78, 5) is 6.82. The lowest BCUT2D eigenvalue weighted by Gasteiger charge is -2.36. The zero-order valence-corrected chi connectivity index (χ0v) is 19.0. The Kier molecular flexibility index (Phi) is 9.23. The van der Waals surface area contributed by atoms with E-state index in [9.17, 15) is 8.78 Å². The van der Waals surface area contributed by atoms with Crippen molar-refractivity contribution in [3.8, 4) is 11.3 Å². The van der Waals surface area contributed by atoms with Crippen molar-refractivity contribution in [2.24, 2.45) is 0 Å². The molecule has 3 aromatic rings. The summed E-state index contributed by atoms with van der Waals surface area (Å²) >= 11 is 0. The van der Waals surface area contributed by atoms with E-state index >= 15 is 0 Å². The van der Waals surface area contributed by atoms with Crippen LogP contribution in [0, 0.1) is 18.6 Å². The van der Waals surface area contributed by atoms with Gasteiger partial charge in [-0.25, -0.2) is 8.78 Å². The van der Waals surface area contributed by atoms with Crippen molar-refractivity contribution in [3.05, 3.63) is 83.6 Å². The second kappa shape index (κ2) is 11.4. The Hall–Kier alpha value is -2.21. The molecule has 4 rings (SSSR count). The minimum atomic E-state index is -0.856. The molecule has 2 aromatic carbocycles. The molecular weight excluding hydrogens is 439 g/mol.